The predicted octanol–water partition coefficient (Wildman–Crippen LogP) is 0.967. The molecule has 94 valence electrons. The summed E-state index contributed by atoms with van der Waals surface area (Å²) in [6.07, 6.45) is -0.407. The van der Waals surface area contributed by atoms with Crippen molar-refractivity contribution in [2.45, 2.75) is 45.8 Å². The minimum absolute atomic E-state index is 0.173. The molecule has 6 heteroatoms. The summed E-state index contributed by atoms with van der Waals surface area (Å²) in [6.45, 7) is 7.05. The van der Waals surface area contributed by atoms with E-state index in [1.165, 1.54) is 7.11 Å². The Morgan fingerprint density at radius 3 is 2.31 bits per heavy atom. The van der Waals surface area contributed by atoms with Crippen LogP contribution in [0.5, 0.6) is 0 Å². The topological polar surface area (TPSA) is 76.7 Å². The monoisotopic (exact) mass is 232 g/mol. The van der Waals surface area contributed by atoms with Crippen molar-refractivity contribution < 1.29 is 19.1 Å². The first-order chi connectivity index (χ1) is 7.24. The van der Waals surface area contributed by atoms with Crippen LogP contribution in [-0.2, 0) is 14.3 Å². The van der Waals surface area contributed by atoms with E-state index in [-0.39, 0.29) is 18.4 Å². The fourth-order valence-electron chi connectivity index (χ4n) is 0.870. The minimum atomic E-state index is -0.579. The third kappa shape index (κ3) is 8.05. The normalized spacial score (nSPS) is 12.8. The van der Waals surface area contributed by atoms with Gasteiger partial charge in [0.25, 0.3) is 0 Å². The SMILES string of the molecule is COC(=O)C[C@@H](C)NNC(=O)OC(C)(C)C. The lowest BCUT2D eigenvalue weighted by Gasteiger charge is -2.21. The van der Waals surface area contributed by atoms with E-state index in [1.807, 2.05) is 0 Å². The molecular formula is C10H20N2O4. The molecule has 0 aromatic rings. The zero-order valence-corrected chi connectivity index (χ0v) is 10.4. The molecule has 0 saturated carbocycles. The maximum atomic E-state index is 11.2. The van der Waals surface area contributed by atoms with E-state index in [2.05, 4.69) is 15.6 Å². The molecule has 0 heterocycles. The largest absolute Gasteiger partial charge is 0.469 e. The summed E-state index contributed by atoms with van der Waals surface area (Å²) in [5.74, 6) is -0.342. The molecule has 0 fully saturated rings. The number of ether oxygens (including phenoxy) is 2. The molecule has 2 N–H and O–H groups in total. The highest BCUT2D eigenvalue weighted by atomic mass is 16.6. The van der Waals surface area contributed by atoms with Crippen molar-refractivity contribution >= 4 is 12.1 Å². The van der Waals surface area contributed by atoms with E-state index in [0.29, 0.717) is 0 Å². The molecule has 0 saturated heterocycles. The number of amides is 1. The van der Waals surface area contributed by atoms with Crippen molar-refractivity contribution in [2.24, 2.45) is 0 Å². The van der Waals surface area contributed by atoms with Crippen LogP contribution in [0.2, 0.25) is 0 Å². The summed E-state index contributed by atoms with van der Waals surface area (Å²) in [6, 6.07) is -0.222. The summed E-state index contributed by atoms with van der Waals surface area (Å²) in [7, 11) is 1.32. The molecule has 0 radical (unpaired) electrons. The fourth-order valence-corrected chi connectivity index (χ4v) is 0.870. The first-order valence-corrected chi connectivity index (χ1v) is 5.06. The average Bonchev–Trinajstić information content (AvgIpc) is 2.12. The Morgan fingerprint density at radius 2 is 1.88 bits per heavy atom. The lowest BCUT2D eigenvalue weighted by atomic mass is 10.2. The van der Waals surface area contributed by atoms with E-state index < -0.39 is 11.7 Å². The van der Waals surface area contributed by atoms with Gasteiger partial charge in [-0.05, 0) is 27.7 Å². The molecule has 16 heavy (non-hydrogen) atoms. The second kappa shape index (κ2) is 6.32. The Hall–Kier alpha value is -1.30. The molecular weight excluding hydrogens is 212 g/mol. The standard InChI is InChI=1S/C10H20N2O4/c1-7(6-8(13)15-5)11-12-9(14)16-10(2,3)4/h7,11H,6H2,1-5H3,(H,12,14)/t7-/m1/s1. The van der Waals surface area contributed by atoms with Crippen LogP contribution in [0.1, 0.15) is 34.1 Å². The molecule has 0 aromatic heterocycles. The van der Waals surface area contributed by atoms with Crippen LogP contribution in [0.15, 0.2) is 0 Å². The van der Waals surface area contributed by atoms with Gasteiger partial charge in [0.15, 0.2) is 0 Å². The van der Waals surface area contributed by atoms with Gasteiger partial charge in [-0.1, -0.05) is 0 Å². The van der Waals surface area contributed by atoms with E-state index in [0.717, 1.165) is 0 Å². The second-order valence-corrected chi connectivity index (χ2v) is 4.45. The predicted molar refractivity (Wildman–Crippen MR) is 58.6 cm³/mol. The number of rotatable bonds is 4. The van der Waals surface area contributed by atoms with Gasteiger partial charge in [-0.3, -0.25) is 10.2 Å². The third-order valence-corrected chi connectivity index (χ3v) is 1.52. The van der Waals surface area contributed by atoms with Crippen LogP contribution in [0.25, 0.3) is 0 Å². The molecule has 1 amide bonds. The zero-order valence-electron chi connectivity index (χ0n) is 10.4. The van der Waals surface area contributed by atoms with Crippen molar-refractivity contribution in [2.75, 3.05) is 7.11 Å². The van der Waals surface area contributed by atoms with E-state index in [4.69, 9.17) is 4.74 Å². The zero-order chi connectivity index (χ0) is 12.8. The van der Waals surface area contributed by atoms with Crippen molar-refractivity contribution in [3.8, 4) is 0 Å². The van der Waals surface area contributed by atoms with Crippen LogP contribution >= 0.6 is 0 Å². The molecule has 0 aliphatic rings. The van der Waals surface area contributed by atoms with Crippen molar-refractivity contribution in [3.63, 3.8) is 0 Å². The maximum Gasteiger partial charge on any atom is 0.422 e. The van der Waals surface area contributed by atoms with Crippen molar-refractivity contribution in [3.05, 3.63) is 0 Å². The summed E-state index contributed by atoms with van der Waals surface area (Å²) >= 11 is 0. The van der Waals surface area contributed by atoms with Crippen LogP contribution in [0.3, 0.4) is 0 Å². The Morgan fingerprint density at radius 1 is 1.31 bits per heavy atom. The van der Waals surface area contributed by atoms with Gasteiger partial charge in [0.05, 0.1) is 13.5 Å². The van der Waals surface area contributed by atoms with Gasteiger partial charge in [0.2, 0.25) is 0 Å². The minimum Gasteiger partial charge on any atom is -0.469 e. The Labute approximate surface area is 95.6 Å². The average molecular weight is 232 g/mol. The first-order valence-electron chi connectivity index (χ1n) is 5.06. The number of nitrogens with one attached hydrogen (secondary N) is 2. The van der Waals surface area contributed by atoms with Crippen molar-refractivity contribution in [1.82, 2.24) is 10.9 Å². The number of esters is 1. The number of hydrogen-bond donors (Lipinski definition) is 2. The fraction of sp³-hybridized carbons (Fsp3) is 0.800. The second-order valence-electron chi connectivity index (χ2n) is 4.45. The van der Waals surface area contributed by atoms with E-state index in [1.54, 1.807) is 27.7 Å². The highest BCUT2D eigenvalue weighted by Crippen LogP contribution is 2.05. The highest BCUT2D eigenvalue weighted by Gasteiger charge is 2.16. The number of carbonyl (C=O) groups is 2. The quantitative estimate of drug-likeness (QED) is 0.558. The number of hydrogen-bond acceptors (Lipinski definition) is 5. The van der Waals surface area contributed by atoms with Gasteiger partial charge in [-0.2, -0.15) is 0 Å². The molecule has 6 nitrogen and oxygen atoms in total. The Bertz CT molecular complexity index is 248. The Balaban J connectivity index is 3.79. The molecule has 0 unspecified atom stereocenters. The van der Waals surface area contributed by atoms with Gasteiger partial charge in [0, 0.05) is 6.04 Å². The molecule has 0 spiro atoms. The van der Waals surface area contributed by atoms with Crippen LogP contribution in [-0.4, -0.2) is 30.8 Å². The molecule has 0 bridgehead atoms. The summed E-state index contributed by atoms with van der Waals surface area (Å²) in [5, 5.41) is 0. The van der Waals surface area contributed by atoms with Gasteiger partial charge < -0.3 is 9.47 Å². The van der Waals surface area contributed by atoms with Crippen LogP contribution < -0.4 is 10.9 Å². The lowest BCUT2D eigenvalue weighted by Crippen LogP contribution is -2.46. The van der Waals surface area contributed by atoms with Gasteiger partial charge in [-0.25, -0.2) is 10.2 Å². The molecule has 1 atom stereocenters. The number of carbonyl (C=O) groups excluding carboxylic acids is 2. The van der Waals surface area contributed by atoms with Crippen molar-refractivity contribution in [1.29, 1.82) is 0 Å². The Kier molecular flexibility index (Phi) is 5.81. The first kappa shape index (κ1) is 14.7. The number of hydrazine groups is 1. The summed E-state index contributed by atoms with van der Waals surface area (Å²) < 4.78 is 9.48. The summed E-state index contributed by atoms with van der Waals surface area (Å²) in [5.41, 5.74) is 4.45. The smallest absolute Gasteiger partial charge is 0.422 e. The van der Waals surface area contributed by atoms with E-state index in [9.17, 15) is 9.59 Å². The van der Waals surface area contributed by atoms with Gasteiger partial charge in [-0.15, -0.1) is 0 Å². The molecule has 0 aliphatic carbocycles. The van der Waals surface area contributed by atoms with E-state index >= 15 is 0 Å². The van der Waals surface area contributed by atoms with Crippen LogP contribution in [0, 0.1) is 0 Å². The van der Waals surface area contributed by atoms with Gasteiger partial charge in [0.1, 0.15) is 5.60 Å². The molecule has 0 rings (SSSR count). The van der Waals surface area contributed by atoms with Crippen LogP contribution in [0.4, 0.5) is 4.79 Å². The third-order valence-electron chi connectivity index (χ3n) is 1.52. The number of methoxy groups -OCH3 is 1. The lowest BCUT2D eigenvalue weighted by molar-refractivity contribution is -0.141. The summed E-state index contributed by atoms with van der Waals surface area (Å²) in [4.78, 5) is 22.1. The van der Waals surface area contributed by atoms with Gasteiger partial charge >= 0.3 is 12.1 Å². The highest BCUT2D eigenvalue weighted by molar-refractivity contribution is 5.70. The maximum absolute atomic E-state index is 11.2. The molecule has 0 aromatic carbocycles. The molecule has 0 aliphatic heterocycles.